The Morgan fingerprint density at radius 3 is 2.65 bits per heavy atom. The fourth-order valence-corrected chi connectivity index (χ4v) is 1.92. The number of hydrogen-bond donors (Lipinski definition) is 2. The van der Waals surface area contributed by atoms with Crippen LogP contribution >= 0.6 is 11.6 Å². The Kier molecular flexibility index (Phi) is 5.82. The zero-order valence-electron chi connectivity index (χ0n) is 12.5. The summed E-state index contributed by atoms with van der Waals surface area (Å²) < 4.78 is 11.1. The number of hydrogen-bond acceptors (Lipinski definition) is 4. The van der Waals surface area contributed by atoms with Gasteiger partial charge in [-0.3, -0.25) is 0 Å². The first-order chi connectivity index (χ1) is 11.1. The molecule has 0 aromatic heterocycles. The Balaban J connectivity index is 2.10. The molecule has 2 aromatic rings. The molecule has 0 aliphatic heterocycles. The molecule has 0 unspecified atom stereocenters. The predicted octanol–water partition coefficient (Wildman–Crippen LogP) is 2.93. The molecule has 2 amide bonds. The maximum atomic E-state index is 10.6. The van der Waals surface area contributed by atoms with Crippen molar-refractivity contribution in [3.05, 3.63) is 58.6 Å². The Labute approximate surface area is 138 Å². The van der Waals surface area contributed by atoms with E-state index in [1.807, 2.05) is 12.1 Å². The number of ether oxygens (including phenoxy) is 2. The molecule has 0 heterocycles. The standard InChI is InChI=1S/C16H16ClN3O3/c1-22-14-7-4-12(9-19-20-16(18)21)8-15(14)23-10-11-2-5-13(17)6-3-11/h2-9H,10H2,1H3,(H3,18,20,21). The van der Waals surface area contributed by atoms with Crippen LogP contribution in [-0.2, 0) is 6.61 Å². The number of rotatable bonds is 6. The maximum absolute atomic E-state index is 10.6. The van der Waals surface area contributed by atoms with Crippen molar-refractivity contribution in [3.63, 3.8) is 0 Å². The minimum absolute atomic E-state index is 0.369. The number of methoxy groups -OCH3 is 1. The third-order valence-electron chi connectivity index (χ3n) is 2.88. The third kappa shape index (κ3) is 5.19. The van der Waals surface area contributed by atoms with Gasteiger partial charge in [0.1, 0.15) is 6.61 Å². The second kappa shape index (κ2) is 8.05. The van der Waals surface area contributed by atoms with Crippen LogP contribution in [0.4, 0.5) is 4.79 Å². The van der Waals surface area contributed by atoms with Gasteiger partial charge in [0.15, 0.2) is 11.5 Å². The van der Waals surface area contributed by atoms with Crippen LogP contribution in [0.5, 0.6) is 11.5 Å². The number of nitrogens with two attached hydrogens (primary N) is 1. The molecule has 3 N–H and O–H groups in total. The van der Waals surface area contributed by atoms with Gasteiger partial charge >= 0.3 is 6.03 Å². The number of benzene rings is 2. The highest BCUT2D eigenvalue weighted by Gasteiger charge is 2.06. The first kappa shape index (κ1) is 16.6. The molecule has 0 saturated carbocycles. The van der Waals surface area contributed by atoms with E-state index in [0.717, 1.165) is 11.1 Å². The average molecular weight is 334 g/mol. The van der Waals surface area contributed by atoms with E-state index in [0.29, 0.717) is 23.1 Å². The van der Waals surface area contributed by atoms with E-state index in [1.165, 1.54) is 6.21 Å². The minimum atomic E-state index is -0.728. The topological polar surface area (TPSA) is 85.9 Å². The molecule has 2 rings (SSSR count). The van der Waals surface area contributed by atoms with Gasteiger partial charge in [0, 0.05) is 5.02 Å². The Bertz CT molecular complexity index is 702. The first-order valence-corrected chi connectivity index (χ1v) is 7.10. The van der Waals surface area contributed by atoms with E-state index in [-0.39, 0.29) is 0 Å². The first-order valence-electron chi connectivity index (χ1n) is 6.72. The quantitative estimate of drug-likeness (QED) is 0.629. The van der Waals surface area contributed by atoms with Crippen molar-refractivity contribution >= 4 is 23.8 Å². The molecule has 2 aromatic carbocycles. The molecule has 0 spiro atoms. The van der Waals surface area contributed by atoms with Gasteiger partial charge in [-0.05, 0) is 41.5 Å². The average Bonchev–Trinajstić information content (AvgIpc) is 2.54. The predicted molar refractivity (Wildman–Crippen MR) is 89.1 cm³/mol. The lowest BCUT2D eigenvalue weighted by Crippen LogP contribution is -2.24. The summed E-state index contributed by atoms with van der Waals surface area (Å²) in [6.07, 6.45) is 1.46. The number of nitrogens with zero attached hydrogens (tertiary/aromatic N) is 1. The van der Waals surface area contributed by atoms with Crippen molar-refractivity contribution in [1.82, 2.24) is 5.43 Å². The zero-order valence-corrected chi connectivity index (χ0v) is 13.2. The Hall–Kier alpha value is -2.73. The van der Waals surface area contributed by atoms with Gasteiger partial charge in [0.25, 0.3) is 0 Å². The van der Waals surface area contributed by atoms with Crippen LogP contribution in [0.15, 0.2) is 47.6 Å². The molecule has 0 fully saturated rings. The number of urea groups is 1. The SMILES string of the molecule is COc1ccc(C=NNC(N)=O)cc1OCc1ccc(Cl)cc1. The maximum Gasteiger partial charge on any atom is 0.332 e. The van der Waals surface area contributed by atoms with Crippen molar-refractivity contribution in [2.45, 2.75) is 6.61 Å². The summed E-state index contributed by atoms with van der Waals surface area (Å²) in [6.45, 7) is 0.369. The van der Waals surface area contributed by atoms with E-state index < -0.39 is 6.03 Å². The molecule has 0 radical (unpaired) electrons. The normalized spacial score (nSPS) is 10.5. The van der Waals surface area contributed by atoms with Crippen LogP contribution in [0.2, 0.25) is 5.02 Å². The number of amides is 2. The van der Waals surface area contributed by atoms with Crippen molar-refractivity contribution < 1.29 is 14.3 Å². The summed E-state index contributed by atoms with van der Waals surface area (Å²) in [5, 5.41) is 4.38. The highest BCUT2D eigenvalue weighted by Crippen LogP contribution is 2.28. The molecule has 6 nitrogen and oxygen atoms in total. The molecule has 0 bridgehead atoms. The Morgan fingerprint density at radius 1 is 1.26 bits per heavy atom. The summed E-state index contributed by atoms with van der Waals surface area (Å²) in [5.74, 6) is 1.16. The highest BCUT2D eigenvalue weighted by atomic mass is 35.5. The van der Waals surface area contributed by atoms with Crippen molar-refractivity contribution in [2.24, 2.45) is 10.8 Å². The lowest BCUT2D eigenvalue weighted by molar-refractivity contribution is 0.249. The third-order valence-corrected chi connectivity index (χ3v) is 3.14. The van der Waals surface area contributed by atoms with Crippen LogP contribution in [0.25, 0.3) is 0 Å². The summed E-state index contributed by atoms with van der Waals surface area (Å²) in [4.78, 5) is 10.6. The molecule has 0 aliphatic rings. The monoisotopic (exact) mass is 333 g/mol. The van der Waals surface area contributed by atoms with Crippen molar-refractivity contribution in [1.29, 1.82) is 0 Å². The van der Waals surface area contributed by atoms with Gasteiger partial charge in [-0.2, -0.15) is 5.10 Å². The van der Waals surface area contributed by atoms with E-state index in [4.69, 9.17) is 26.8 Å². The zero-order chi connectivity index (χ0) is 16.7. The molecule has 120 valence electrons. The molecule has 0 saturated heterocycles. The molecule has 0 atom stereocenters. The van der Waals surface area contributed by atoms with E-state index in [9.17, 15) is 4.79 Å². The molecule has 0 aliphatic carbocycles. The minimum Gasteiger partial charge on any atom is -0.493 e. The van der Waals surface area contributed by atoms with Gasteiger partial charge in [-0.1, -0.05) is 23.7 Å². The van der Waals surface area contributed by atoms with Crippen LogP contribution in [-0.4, -0.2) is 19.4 Å². The molecular weight excluding hydrogens is 318 g/mol. The lowest BCUT2D eigenvalue weighted by atomic mass is 10.2. The Morgan fingerprint density at radius 2 is 2.00 bits per heavy atom. The summed E-state index contributed by atoms with van der Waals surface area (Å²) >= 11 is 5.85. The number of primary amides is 1. The van der Waals surface area contributed by atoms with Gasteiger partial charge in [-0.25, -0.2) is 10.2 Å². The largest absolute Gasteiger partial charge is 0.493 e. The van der Waals surface area contributed by atoms with Crippen LogP contribution in [0, 0.1) is 0 Å². The van der Waals surface area contributed by atoms with Gasteiger partial charge in [0.2, 0.25) is 0 Å². The van der Waals surface area contributed by atoms with Gasteiger partial charge in [0.05, 0.1) is 13.3 Å². The molecule has 23 heavy (non-hydrogen) atoms. The highest BCUT2D eigenvalue weighted by molar-refractivity contribution is 6.30. The van der Waals surface area contributed by atoms with Crippen molar-refractivity contribution in [2.75, 3.05) is 7.11 Å². The number of halogens is 1. The second-order valence-electron chi connectivity index (χ2n) is 4.56. The summed E-state index contributed by atoms with van der Waals surface area (Å²) in [6, 6.07) is 11.9. The van der Waals surface area contributed by atoms with Gasteiger partial charge < -0.3 is 15.2 Å². The van der Waals surface area contributed by atoms with E-state index in [1.54, 1.807) is 37.4 Å². The number of hydrazone groups is 1. The second-order valence-corrected chi connectivity index (χ2v) is 5.00. The summed E-state index contributed by atoms with van der Waals surface area (Å²) in [5.41, 5.74) is 8.77. The lowest BCUT2D eigenvalue weighted by Gasteiger charge is -2.11. The molecule has 7 heteroatoms. The smallest absolute Gasteiger partial charge is 0.332 e. The van der Waals surface area contributed by atoms with Gasteiger partial charge in [-0.15, -0.1) is 0 Å². The fourth-order valence-electron chi connectivity index (χ4n) is 1.80. The van der Waals surface area contributed by atoms with Crippen molar-refractivity contribution in [3.8, 4) is 11.5 Å². The number of carbonyl (C=O) groups excluding carboxylic acids is 1. The number of nitrogens with one attached hydrogen (secondary N) is 1. The van der Waals surface area contributed by atoms with Crippen LogP contribution in [0.3, 0.4) is 0 Å². The van der Waals surface area contributed by atoms with E-state index in [2.05, 4.69) is 10.5 Å². The van der Waals surface area contributed by atoms with Crippen LogP contribution < -0.4 is 20.6 Å². The summed E-state index contributed by atoms with van der Waals surface area (Å²) in [7, 11) is 1.56. The molecular formula is C16H16ClN3O3. The van der Waals surface area contributed by atoms with Crippen LogP contribution in [0.1, 0.15) is 11.1 Å². The number of carbonyl (C=O) groups is 1. The van der Waals surface area contributed by atoms with E-state index >= 15 is 0 Å². The fraction of sp³-hybridized carbons (Fsp3) is 0.125.